The molecule has 0 amide bonds. The first-order chi connectivity index (χ1) is 40.0. The quantitative estimate of drug-likeness (QED) is 0.0261. The zero-order chi connectivity index (χ0) is 58.5. The van der Waals surface area contributed by atoms with Crippen LogP contribution in [-0.4, -0.2) is 37.2 Å². The Labute approximate surface area is 501 Å². The SMILES string of the molecule is CC/C=C\C/C=C\C/C=C\C/C=C\C/C=C\C/C=C\C/C=C\CCCCCCCCCC(=O)OCC(COC(=O)CCCCCCCCCCCCCCCCC)OC(=O)CCCCCCCCCCC/C=C\C/C=C\CCCCC. The van der Waals surface area contributed by atoms with Crippen molar-refractivity contribution in [3.8, 4) is 0 Å². The summed E-state index contributed by atoms with van der Waals surface area (Å²) in [5.41, 5.74) is 0. The maximum absolute atomic E-state index is 12.9. The van der Waals surface area contributed by atoms with E-state index in [1.54, 1.807) is 0 Å². The first kappa shape index (κ1) is 77.1. The summed E-state index contributed by atoms with van der Waals surface area (Å²) >= 11 is 0. The largest absolute Gasteiger partial charge is 0.462 e. The summed E-state index contributed by atoms with van der Waals surface area (Å²) in [7, 11) is 0. The Kier molecular flexibility index (Phi) is 65.2. The molecule has 0 rings (SSSR count). The van der Waals surface area contributed by atoms with Crippen molar-refractivity contribution >= 4 is 17.9 Å². The van der Waals surface area contributed by atoms with E-state index >= 15 is 0 Å². The zero-order valence-corrected chi connectivity index (χ0v) is 53.3. The standard InChI is InChI=1S/C75H128O6/c1-4-7-10-13-16-19-22-25-28-30-32-33-34-35-36-37-38-39-40-41-43-44-47-50-53-56-59-62-65-68-74(77)80-71-72(70-79-73(76)67-64-61-58-55-52-49-46-27-24-21-18-15-12-9-6-3)81-75(78)69-66-63-60-57-54-51-48-45-42-31-29-26-23-20-17-14-11-8-5-2/h7,10,16-17,19-20,25-26,28-29,32-33,35-36,38-39,41,43,72H,4-6,8-9,11-15,18,21-24,27,30-31,34,37,40,42,44-71H2,1-3H3/b10-7-,19-16-,20-17-,28-25-,29-26-,33-32-,36-35-,39-38-,43-41-. The molecule has 0 saturated heterocycles. The molecule has 0 radical (unpaired) electrons. The topological polar surface area (TPSA) is 78.9 Å². The second-order valence-electron chi connectivity index (χ2n) is 22.7. The van der Waals surface area contributed by atoms with Gasteiger partial charge in [0.05, 0.1) is 0 Å². The molecule has 0 spiro atoms. The van der Waals surface area contributed by atoms with E-state index in [0.29, 0.717) is 19.3 Å². The summed E-state index contributed by atoms with van der Waals surface area (Å²) in [6.45, 7) is 6.53. The lowest BCUT2D eigenvalue weighted by Crippen LogP contribution is -2.30. The maximum atomic E-state index is 12.9. The Morgan fingerprint density at radius 3 is 0.778 bits per heavy atom. The summed E-state index contributed by atoms with van der Waals surface area (Å²) in [4.78, 5) is 38.4. The molecule has 0 aromatic carbocycles. The van der Waals surface area contributed by atoms with Crippen molar-refractivity contribution in [2.24, 2.45) is 0 Å². The van der Waals surface area contributed by atoms with Gasteiger partial charge in [-0.15, -0.1) is 0 Å². The van der Waals surface area contributed by atoms with Gasteiger partial charge in [-0.05, 0) is 109 Å². The molecule has 464 valence electrons. The van der Waals surface area contributed by atoms with Crippen LogP contribution in [0.1, 0.15) is 329 Å². The highest BCUT2D eigenvalue weighted by Gasteiger charge is 2.19. The van der Waals surface area contributed by atoms with Crippen LogP contribution in [0.25, 0.3) is 0 Å². The normalized spacial score (nSPS) is 12.8. The molecule has 0 heterocycles. The highest BCUT2D eigenvalue weighted by Crippen LogP contribution is 2.17. The first-order valence-corrected chi connectivity index (χ1v) is 34.4. The number of esters is 3. The molecule has 6 nitrogen and oxygen atoms in total. The number of hydrogen-bond donors (Lipinski definition) is 0. The van der Waals surface area contributed by atoms with E-state index in [1.807, 2.05) is 0 Å². The van der Waals surface area contributed by atoms with Gasteiger partial charge in [0, 0.05) is 19.3 Å². The third-order valence-corrected chi connectivity index (χ3v) is 14.8. The molecule has 0 aromatic heterocycles. The average Bonchev–Trinajstić information content (AvgIpc) is 3.47. The van der Waals surface area contributed by atoms with E-state index < -0.39 is 6.10 Å². The smallest absolute Gasteiger partial charge is 0.306 e. The van der Waals surface area contributed by atoms with Crippen LogP contribution in [0.3, 0.4) is 0 Å². The van der Waals surface area contributed by atoms with E-state index in [0.717, 1.165) is 116 Å². The molecule has 0 fully saturated rings. The van der Waals surface area contributed by atoms with E-state index in [9.17, 15) is 14.4 Å². The van der Waals surface area contributed by atoms with Gasteiger partial charge in [-0.25, -0.2) is 0 Å². The van der Waals surface area contributed by atoms with Crippen molar-refractivity contribution in [1.29, 1.82) is 0 Å². The van der Waals surface area contributed by atoms with Crippen LogP contribution in [0.2, 0.25) is 0 Å². The van der Waals surface area contributed by atoms with Gasteiger partial charge < -0.3 is 14.2 Å². The van der Waals surface area contributed by atoms with Crippen molar-refractivity contribution in [2.75, 3.05) is 13.2 Å². The molecule has 0 N–H and O–H groups in total. The fraction of sp³-hybridized carbons (Fsp3) is 0.720. The van der Waals surface area contributed by atoms with Crippen LogP contribution < -0.4 is 0 Å². The number of rotatable bonds is 62. The summed E-state index contributed by atoms with van der Waals surface area (Å²) in [6.07, 6.45) is 93.8. The van der Waals surface area contributed by atoms with Gasteiger partial charge in [0.15, 0.2) is 6.10 Å². The molecule has 0 aromatic rings. The van der Waals surface area contributed by atoms with E-state index in [1.165, 1.54) is 173 Å². The minimum atomic E-state index is -0.786. The predicted molar refractivity (Wildman–Crippen MR) is 353 cm³/mol. The number of hydrogen-bond acceptors (Lipinski definition) is 6. The number of ether oxygens (including phenoxy) is 3. The molecule has 0 saturated carbocycles. The van der Waals surface area contributed by atoms with Gasteiger partial charge in [0.1, 0.15) is 13.2 Å². The average molecular weight is 1130 g/mol. The van der Waals surface area contributed by atoms with Crippen LogP contribution in [0.5, 0.6) is 0 Å². The van der Waals surface area contributed by atoms with Gasteiger partial charge >= 0.3 is 17.9 Å². The van der Waals surface area contributed by atoms with Crippen LogP contribution >= 0.6 is 0 Å². The number of carbonyl (C=O) groups is 3. The number of allylic oxidation sites excluding steroid dienone is 18. The first-order valence-electron chi connectivity index (χ1n) is 34.4. The van der Waals surface area contributed by atoms with Crippen molar-refractivity contribution in [2.45, 2.75) is 335 Å². The lowest BCUT2D eigenvalue weighted by molar-refractivity contribution is -0.167. The van der Waals surface area contributed by atoms with E-state index in [-0.39, 0.29) is 31.1 Å². The van der Waals surface area contributed by atoms with Gasteiger partial charge in [0.2, 0.25) is 0 Å². The molecule has 1 atom stereocenters. The molecule has 0 aliphatic carbocycles. The minimum absolute atomic E-state index is 0.0807. The van der Waals surface area contributed by atoms with E-state index in [2.05, 4.69) is 130 Å². The predicted octanol–water partition coefficient (Wildman–Crippen LogP) is 23.8. The lowest BCUT2D eigenvalue weighted by atomic mass is 10.0. The highest BCUT2D eigenvalue weighted by molar-refractivity contribution is 5.71. The van der Waals surface area contributed by atoms with Crippen molar-refractivity contribution in [3.63, 3.8) is 0 Å². The highest BCUT2D eigenvalue weighted by atomic mass is 16.6. The summed E-state index contributed by atoms with van der Waals surface area (Å²) in [6, 6.07) is 0. The van der Waals surface area contributed by atoms with Crippen LogP contribution in [0.4, 0.5) is 0 Å². The Morgan fingerprint density at radius 2 is 0.481 bits per heavy atom. The second kappa shape index (κ2) is 68.6. The number of carbonyl (C=O) groups excluding carboxylic acids is 3. The van der Waals surface area contributed by atoms with Crippen LogP contribution in [0, 0.1) is 0 Å². The fourth-order valence-corrected chi connectivity index (χ4v) is 9.63. The summed E-state index contributed by atoms with van der Waals surface area (Å²) < 4.78 is 17.0. The molecule has 6 heteroatoms. The molecule has 81 heavy (non-hydrogen) atoms. The van der Waals surface area contributed by atoms with Gasteiger partial charge in [-0.1, -0.05) is 310 Å². The maximum Gasteiger partial charge on any atom is 0.306 e. The zero-order valence-electron chi connectivity index (χ0n) is 53.3. The monoisotopic (exact) mass is 1120 g/mol. The molecule has 0 aliphatic heterocycles. The molecule has 0 aliphatic rings. The minimum Gasteiger partial charge on any atom is -0.462 e. The molecular formula is C75H128O6. The Bertz CT molecular complexity index is 1620. The van der Waals surface area contributed by atoms with Gasteiger partial charge in [0.25, 0.3) is 0 Å². The van der Waals surface area contributed by atoms with Crippen LogP contribution in [-0.2, 0) is 28.6 Å². The van der Waals surface area contributed by atoms with Crippen LogP contribution in [0.15, 0.2) is 109 Å². The van der Waals surface area contributed by atoms with Crippen molar-refractivity contribution in [1.82, 2.24) is 0 Å². The Hall–Kier alpha value is -3.93. The molecular weight excluding hydrogens is 997 g/mol. The second-order valence-corrected chi connectivity index (χ2v) is 22.7. The van der Waals surface area contributed by atoms with Gasteiger partial charge in [-0.2, -0.15) is 0 Å². The Morgan fingerprint density at radius 1 is 0.259 bits per heavy atom. The van der Waals surface area contributed by atoms with E-state index in [4.69, 9.17) is 14.2 Å². The van der Waals surface area contributed by atoms with Crippen molar-refractivity contribution in [3.05, 3.63) is 109 Å². The fourth-order valence-electron chi connectivity index (χ4n) is 9.63. The molecule has 1 unspecified atom stereocenters. The van der Waals surface area contributed by atoms with Crippen molar-refractivity contribution < 1.29 is 28.6 Å². The Balaban J connectivity index is 4.35. The number of unbranched alkanes of at least 4 members (excludes halogenated alkanes) is 33. The lowest BCUT2D eigenvalue weighted by Gasteiger charge is -2.18. The third kappa shape index (κ3) is 66.8. The van der Waals surface area contributed by atoms with Gasteiger partial charge in [-0.3, -0.25) is 14.4 Å². The summed E-state index contributed by atoms with van der Waals surface area (Å²) in [5.74, 6) is -0.883. The molecule has 0 bridgehead atoms. The third-order valence-electron chi connectivity index (χ3n) is 14.8. The summed E-state index contributed by atoms with van der Waals surface area (Å²) in [5, 5.41) is 0.